The Balaban J connectivity index is 2.90. The van der Waals surface area contributed by atoms with Crippen LogP contribution in [0.3, 0.4) is 0 Å². The zero-order valence-electron chi connectivity index (χ0n) is 8.68. The Kier molecular flexibility index (Phi) is 3.62. The molecule has 1 rings (SSSR count). The number of carbonyl (C=O) groups excluding carboxylic acids is 1. The average Bonchev–Trinajstić information content (AvgIpc) is 2.09. The Hall–Kier alpha value is -0.740. The van der Waals surface area contributed by atoms with Gasteiger partial charge in [-0.05, 0) is 37.6 Å². The van der Waals surface area contributed by atoms with E-state index in [9.17, 15) is 9.18 Å². The van der Waals surface area contributed by atoms with Crippen LogP contribution in [0, 0.1) is 5.82 Å². The lowest BCUT2D eigenvalue weighted by molar-refractivity contribution is -0.122. The summed E-state index contributed by atoms with van der Waals surface area (Å²) in [5.41, 5.74) is 5.40. The van der Waals surface area contributed by atoms with E-state index in [1.165, 1.54) is 12.1 Å². The van der Waals surface area contributed by atoms with Crippen LogP contribution in [-0.4, -0.2) is 11.3 Å². The first-order chi connectivity index (χ1) is 6.80. The Bertz CT molecular complexity index is 385. The normalized spacial score (nSPS) is 11.5. The van der Waals surface area contributed by atoms with Gasteiger partial charge in [-0.2, -0.15) is 0 Å². The predicted molar refractivity (Wildman–Crippen MR) is 61.1 cm³/mol. The van der Waals surface area contributed by atoms with Crippen molar-refractivity contribution in [3.8, 4) is 0 Å². The summed E-state index contributed by atoms with van der Waals surface area (Å²) in [6.45, 7) is 3.28. The van der Waals surface area contributed by atoms with Gasteiger partial charge in [-0.3, -0.25) is 4.79 Å². The maximum absolute atomic E-state index is 12.9. The summed E-state index contributed by atoms with van der Waals surface area (Å²) in [6.07, 6.45) is 0.141. The zero-order chi connectivity index (χ0) is 11.6. The second kappa shape index (κ2) is 4.41. The highest BCUT2D eigenvalue weighted by molar-refractivity contribution is 9.10. The van der Waals surface area contributed by atoms with E-state index < -0.39 is 5.54 Å². The van der Waals surface area contributed by atoms with Crippen molar-refractivity contribution in [2.45, 2.75) is 25.8 Å². The summed E-state index contributed by atoms with van der Waals surface area (Å²) >= 11 is 3.27. The van der Waals surface area contributed by atoms with Crippen LogP contribution in [0.4, 0.5) is 4.39 Å². The van der Waals surface area contributed by atoms with Crippen LogP contribution >= 0.6 is 15.9 Å². The molecule has 15 heavy (non-hydrogen) atoms. The highest BCUT2D eigenvalue weighted by atomic mass is 79.9. The van der Waals surface area contributed by atoms with E-state index in [4.69, 9.17) is 5.73 Å². The van der Waals surface area contributed by atoms with E-state index in [1.54, 1.807) is 19.9 Å². The van der Waals surface area contributed by atoms with Crippen molar-refractivity contribution in [3.63, 3.8) is 0 Å². The van der Waals surface area contributed by atoms with Crippen molar-refractivity contribution in [2.75, 3.05) is 0 Å². The Morgan fingerprint density at radius 3 is 2.67 bits per heavy atom. The second-order valence-corrected chi connectivity index (χ2v) is 4.91. The van der Waals surface area contributed by atoms with E-state index in [2.05, 4.69) is 15.9 Å². The van der Waals surface area contributed by atoms with Crippen molar-refractivity contribution < 1.29 is 9.18 Å². The SMILES string of the molecule is CC(C)(N)C(=O)Cc1cc(F)ccc1Br. The summed E-state index contributed by atoms with van der Waals surface area (Å²) in [6, 6.07) is 4.26. The first-order valence-corrected chi connectivity index (χ1v) is 5.36. The fourth-order valence-electron chi connectivity index (χ4n) is 1.08. The molecular weight excluding hydrogens is 261 g/mol. The monoisotopic (exact) mass is 273 g/mol. The summed E-state index contributed by atoms with van der Waals surface area (Å²) in [5, 5.41) is 0. The quantitative estimate of drug-likeness (QED) is 0.919. The van der Waals surface area contributed by atoms with Gasteiger partial charge in [0.15, 0.2) is 5.78 Å². The minimum atomic E-state index is -0.883. The van der Waals surface area contributed by atoms with Crippen molar-refractivity contribution >= 4 is 21.7 Å². The maximum atomic E-state index is 12.9. The van der Waals surface area contributed by atoms with Gasteiger partial charge in [0.25, 0.3) is 0 Å². The summed E-state index contributed by atoms with van der Waals surface area (Å²) < 4.78 is 13.7. The van der Waals surface area contributed by atoms with Gasteiger partial charge in [0, 0.05) is 10.9 Å². The number of nitrogens with two attached hydrogens (primary N) is 1. The van der Waals surface area contributed by atoms with Crippen LogP contribution in [-0.2, 0) is 11.2 Å². The smallest absolute Gasteiger partial charge is 0.156 e. The van der Waals surface area contributed by atoms with Crippen LogP contribution in [0.15, 0.2) is 22.7 Å². The molecule has 0 saturated carbocycles. The van der Waals surface area contributed by atoms with E-state index >= 15 is 0 Å². The van der Waals surface area contributed by atoms with Crippen molar-refractivity contribution in [3.05, 3.63) is 34.1 Å². The molecule has 1 aromatic carbocycles. The summed E-state index contributed by atoms with van der Waals surface area (Å²) in [5.74, 6) is -0.468. The molecule has 4 heteroatoms. The van der Waals surface area contributed by atoms with Gasteiger partial charge in [-0.15, -0.1) is 0 Å². The Labute approximate surface area is 96.8 Å². The van der Waals surface area contributed by atoms with Gasteiger partial charge in [0.1, 0.15) is 5.82 Å². The molecular formula is C11H13BrFNO. The molecule has 2 nitrogen and oxygen atoms in total. The molecule has 0 aliphatic rings. The summed E-state index contributed by atoms with van der Waals surface area (Å²) in [4.78, 5) is 11.6. The third-order valence-corrected chi connectivity index (χ3v) is 2.85. The van der Waals surface area contributed by atoms with Gasteiger partial charge in [0.2, 0.25) is 0 Å². The van der Waals surface area contributed by atoms with Crippen LogP contribution < -0.4 is 5.73 Å². The number of carbonyl (C=O) groups is 1. The zero-order valence-corrected chi connectivity index (χ0v) is 10.3. The molecule has 0 fully saturated rings. The highest BCUT2D eigenvalue weighted by Gasteiger charge is 2.22. The van der Waals surface area contributed by atoms with Crippen LogP contribution in [0.1, 0.15) is 19.4 Å². The molecule has 0 heterocycles. The molecule has 0 amide bonds. The van der Waals surface area contributed by atoms with Crippen molar-refractivity contribution in [1.29, 1.82) is 0 Å². The molecule has 2 N–H and O–H groups in total. The molecule has 0 atom stereocenters. The lowest BCUT2D eigenvalue weighted by Crippen LogP contribution is -2.42. The number of rotatable bonds is 3. The van der Waals surface area contributed by atoms with Crippen LogP contribution in [0.5, 0.6) is 0 Å². The molecule has 0 saturated heterocycles. The van der Waals surface area contributed by atoms with Gasteiger partial charge in [-0.25, -0.2) is 4.39 Å². The molecule has 1 aromatic rings. The number of Topliss-reactive ketones (excluding diaryl/α,β-unsaturated/α-hetero) is 1. The molecule has 0 unspecified atom stereocenters. The first-order valence-electron chi connectivity index (χ1n) is 4.57. The van der Waals surface area contributed by atoms with E-state index in [-0.39, 0.29) is 18.0 Å². The van der Waals surface area contributed by atoms with Gasteiger partial charge < -0.3 is 5.73 Å². The fraction of sp³-hybridized carbons (Fsp3) is 0.364. The molecule has 0 aromatic heterocycles. The molecule has 0 spiro atoms. The lowest BCUT2D eigenvalue weighted by Gasteiger charge is -2.17. The molecule has 0 bridgehead atoms. The number of halogens is 2. The first kappa shape index (κ1) is 12.3. The second-order valence-electron chi connectivity index (χ2n) is 4.06. The minimum Gasteiger partial charge on any atom is -0.319 e. The molecule has 82 valence electrons. The number of benzene rings is 1. The lowest BCUT2D eigenvalue weighted by atomic mass is 9.95. The maximum Gasteiger partial charge on any atom is 0.156 e. The third-order valence-electron chi connectivity index (χ3n) is 2.08. The van der Waals surface area contributed by atoms with E-state index in [1.807, 2.05) is 0 Å². The van der Waals surface area contributed by atoms with Crippen LogP contribution in [0.2, 0.25) is 0 Å². The fourth-order valence-corrected chi connectivity index (χ4v) is 1.47. The van der Waals surface area contributed by atoms with Gasteiger partial charge in [-0.1, -0.05) is 15.9 Å². The number of ketones is 1. The predicted octanol–water partition coefficient (Wildman–Crippen LogP) is 2.44. The van der Waals surface area contributed by atoms with Gasteiger partial charge in [0.05, 0.1) is 5.54 Å². The molecule has 0 aliphatic heterocycles. The summed E-state index contributed by atoms with van der Waals surface area (Å²) in [7, 11) is 0. The van der Waals surface area contributed by atoms with E-state index in [0.717, 1.165) is 4.47 Å². The topological polar surface area (TPSA) is 43.1 Å². The van der Waals surface area contributed by atoms with Gasteiger partial charge >= 0.3 is 0 Å². The molecule has 0 radical (unpaired) electrons. The number of hydrogen-bond acceptors (Lipinski definition) is 2. The highest BCUT2D eigenvalue weighted by Crippen LogP contribution is 2.19. The Morgan fingerprint density at radius 1 is 1.53 bits per heavy atom. The van der Waals surface area contributed by atoms with Crippen LogP contribution in [0.25, 0.3) is 0 Å². The van der Waals surface area contributed by atoms with Crippen molar-refractivity contribution in [2.24, 2.45) is 5.73 Å². The Morgan fingerprint density at radius 2 is 2.13 bits per heavy atom. The van der Waals surface area contributed by atoms with E-state index in [0.29, 0.717) is 5.56 Å². The average molecular weight is 274 g/mol. The minimum absolute atomic E-state index is 0.117. The number of hydrogen-bond donors (Lipinski definition) is 1. The third kappa shape index (κ3) is 3.39. The standard InChI is InChI=1S/C11H13BrFNO/c1-11(2,14)10(15)6-7-5-8(13)3-4-9(7)12/h3-5H,6,14H2,1-2H3. The molecule has 0 aliphatic carbocycles. The largest absolute Gasteiger partial charge is 0.319 e. The van der Waals surface area contributed by atoms with Crippen molar-refractivity contribution in [1.82, 2.24) is 0 Å².